The molecule has 3 rings (SSSR count). The number of unbranched alkanes of at least 4 members (excludes halogenated alkanes) is 1. The van der Waals surface area contributed by atoms with Gasteiger partial charge in [-0.1, -0.05) is 34.1 Å². The van der Waals surface area contributed by atoms with Gasteiger partial charge in [0.1, 0.15) is 5.82 Å². The molecule has 0 unspecified atom stereocenters. The van der Waals surface area contributed by atoms with Crippen molar-refractivity contribution >= 4 is 22.9 Å². The van der Waals surface area contributed by atoms with Crippen molar-refractivity contribution < 1.29 is 14.3 Å². The van der Waals surface area contributed by atoms with Gasteiger partial charge in [0.2, 0.25) is 0 Å². The number of esters is 1. The van der Waals surface area contributed by atoms with Gasteiger partial charge in [-0.05, 0) is 94.6 Å². The minimum Gasteiger partial charge on any atom is -0.469 e. The van der Waals surface area contributed by atoms with E-state index in [1.807, 2.05) is 17.0 Å². The van der Waals surface area contributed by atoms with Crippen LogP contribution < -0.4 is 0 Å². The standard InChI is InChI=1S/C32H52N4O3/c1-25(2)16-22-35(23-17-26(3)4)32(38)27-14-15-28-29(24-27)36(21-11-20-34-18-9-6-10-19-34)30(33-28)12-7-8-13-31(37)39-5/h14-15,24-26H,6-13,16-23H2,1-5H3. The molecule has 2 heterocycles. The third-order valence-electron chi connectivity index (χ3n) is 7.88. The molecule has 0 spiro atoms. The van der Waals surface area contributed by atoms with E-state index < -0.39 is 0 Å². The van der Waals surface area contributed by atoms with Gasteiger partial charge in [0, 0.05) is 38.0 Å². The molecule has 7 heteroatoms. The summed E-state index contributed by atoms with van der Waals surface area (Å²) in [7, 11) is 1.44. The molecule has 1 aromatic carbocycles. The molecule has 1 saturated heterocycles. The van der Waals surface area contributed by atoms with Crippen LogP contribution in [0.1, 0.15) is 102 Å². The summed E-state index contributed by atoms with van der Waals surface area (Å²) in [6.07, 6.45) is 9.95. The lowest BCUT2D eigenvalue weighted by molar-refractivity contribution is -0.140. The minimum atomic E-state index is -0.160. The predicted molar refractivity (Wildman–Crippen MR) is 159 cm³/mol. The Labute approximate surface area is 236 Å². The maximum absolute atomic E-state index is 13.7. The predicted octanol–water partition coefficient (Wildman–Crippen LogP) is 6.33. The summed E-state index contributed by atoms with van der Waals surface area (Å²) in [5.74, 6) is 2.14. The molecule has 0 atom stereocenters. The SMILES string of the molecule is COC(=O)CCCCc1nc2ccc(C(=O)N(CCC(C)C)CCC(C)C)cc2n1CCCN1CCCCC1. The number of carbonyl (C=O) groups is 2. The minimum absolute atomic E-state index is 0.124. The van der Waals surface area contributed by atoms with Gasteiger partial charge in [-0.25, -0.2) is 4.98 Å². The zero-order valence-corrected chi connectivity index (χ0v) is 25.2. The first-order valence-corrected chi connectivity index (χ1v) is 15.4. The molecule has 1 aliphatic heterocycles. The Balaban J connectivity index is 1.81. The second-order valence-electron chi connectivity index (χ2n) is 12.1. The van der Waals surface area contributed by atoms with Gasteiger partial charge in [0.05, 0.1) is 18.1 Å². The average molecular weight is 541 g/mol. The summed E-state index contributed by atoms with van der Waals surface area (Å²) in [5.41, 5.74) is 2.75. The lowest BCUT2D eigenvalue weighted by atomic mass is 10.1. The second kappa shape index (κ2) is 16.0. The second-order valence-corrected chi connectivity index (χ2v) is 12.1. The van der Waals surface area contributed by atoms with E-state index in [1.54, 1.807) is 0 Å². The van der Waals surface area contributed by atoms with Crippen LogP contribution in [0.2, 0.25) is 0 Å². The van der Waals surface area contributed by atoms with Gasteiger partial charge >= 0.3 is 5.97 Å². The normalized spacial score (nSPS) is 14.4. The van der Waals surface area contributed by atoms with Crippen LogP contribution in [-0.4, -0.2) is 71.1 Å². The van der Waals surface area contributed by atoms with Gasteiger partial charge in [-0.2, -0.15) is 0 Å². The summed E-state index contributed by atoms with van der Waals surface area (Å²) in [6.45, 7) is 14.8. The van der Waals surface area contributed by atoms with Crippen molar-refractivity contribution in [2.45, 2.75) is 98.4 Å². The van der Waals surface area contributed by atoms with Crippen LogP contribution >= 0.6 is 0 Å². The number of rotatable bonds is 16. The number of hydrogen-bond donors (Lipinski definition) is 0. The molecule has 7 nitrogen and oxygen atoms in total. The number of methoxy groups -OCH3 is 1. The lowest BCUT2D eigenvalue weighted by Crippen LogP contribution is -2.34. The Morgan fingerprint density at radius 1 is 0.949 bits per heavy atom. The monoisotopic (exact) mass is 540 g/mol. The van der Waals surface area contributed by atoms with Crippen molar-refractivity contribution in [3.8, 4) is 0 Å². The van der Waals surface area contributed by atoms with E-state index in [1.165, 1.54) is 39.5 Å². The molecule has 39 heavy (non-hydrogen) atoms. The number of imidazole rings is 1. The maximum atomic E-state index is 13.7. The largest absolute Gasteiger partial charge is 0.469 e. The molecule has 1 aromatic heterocycles. The first kappa shape index (κ1) is 31.1. The third-order valence-corrected chi connectivity index (χ3v) is 7.88. The van der Waals surface area contributed by atoms with Crippen LogP contribution in [0.3, 0.4) is 0 Å². The third kappa shape index (κ3) is 9.93. The van der Waals surface area contributed by atoms with Crippen LogP contribution in [0.25, 0.3) is 11.0 Å². The number of fused-ring (bicyclic) bond motifs is 1. The quantitative estimate of drug-likeness (QED) is 0.184. The highest BCUT2D eigenvalue weighted by molar-refractivity contribution is 5.97. The van der Waals surface area contributed by atoms with E-state index >= 15 is 0 Å². The summed E-state index contributed by atoms with van der Waals surface area (Å²) in [5, 5.41) is 0. The van der Waals surface area contributed by atoms with E-state index in [-0.39, 0.29) is 11.9 Å². The van der Waals surface area contributed by atoms with Crippen LogP contribution in [0.5, 0.6) is 0 Å². The van der Waals surface area contributed by atoms with Gasteiger partial charge in [-0.15, -0.1) is 0 Å². The Bertz CT molecular complexity index is 1030. The van der Waals surface area contributed by atoms with Crippen LogP contribution in [0.15, 0.2) is 18.2 Å². The molecular formula is C32H52N4O3. The van der Waals surface area contributed by atoms with E-state index in [0.29, 0.717) is 18.3 Å². The molecule has 0 saturated carbocycles. The van der Waals surface area contributed by atoms with Crippen molar-refractivity contribution in [2.75, 3.05) is 39.8 Å². The summed E-state index contributed by atoms with van der Waals surface area (Å²) in [6, 6.07) is 6.04. The molecule has 0 bridgehead atoms. The zero-order valence-electron chi connectivity index (χ0n) is 25.2. The Hall–Kier alpha value is -2.41. The molecule has 1 aliphatic rings. The topological polar surface area (TPSA) is 67.7 Å². The smallest absolute Gasteiger partial charge is 0.305 e. The molecule has 1 amide bonds. The van der Waals surface area contributed by atoms with Crippen molar-refractivity contribution in [3.63, 3.8) is 0 Å². The maximum Gasteiger partial charge on any atom is 0.305 e. The first-order valence-electron chi connectivity index (χ1n) is 15.4. The van der Waals surface area contributed by atoms with E-state index in [2.05, 4.69) is 43.2 Å². The molecule has 218 valence electrons. The number of ether oxygens (including phenoxy) is 1. The molecule has 0 N–H and O–H groups in total. The lowest BCUT2D eigenvalue weighted by Gasteiger charge is -2.26. The van der Waals surface area contributed by atoms with E-state index in [9.17, 15) is 9.59 Å². The number of carbonyl (C=O) groups excluding carboxylic acids is 2. The highest BCUT2D eigenvalue weighted by atomic mass is 16.5. The molecular weight excluding hydrogens is 488 g/mol. The molecule has 2 aromatic rings. The van der Waals surface area contributed by atoms with E-state index in [0.717, 1.165) is 87.1 Å². The summed E-state index contributed by atoms with van der Waals surface area (Å²) >= 11 is 0. The van der Waals surface area contributed by atoms with Gasteiger partial charge in [-0.3, -0.25) is 9.59 Å². The molecule has 0 aliphatic carbocycles. The first-order chi connectivity index (χ1) is 18.8. The van der Waals surface area contributed by atoms with Crippen molar-refractivity contribution in [1.82, 2.24) is 19.4 Å². The fourth-order valence-corrected chi connectivity index (χ4v) is 5.36. The number of nitrogens with zero attached hydrogens (tertiary/aromatic N) is 4. The fourth-order valence-electron chi connectivity index (χ4n) is 5.36. The van der Waals surface area contributed by atoms with Crippen molar-refractivity contribution in [2.24, 2.45) is 11.8 Å². The number of aromatic nitrogens is 2. The number of likely N-dealkylation sites (tertiary alicyclic amines) is 1. The Morgan fingerprint density at radius 2 is 1.64 bits per heavy atom. The Morgan fingerprint density at radius 3 is 2.28 bits per heavy atom. The molecule has 0 radical (unpaired) electrons. The number of amides is 1. The molecule has 1 fully saturated rings. The van der Waals surface area contributed by atoms with E-state index in [4.69, 9.17) is 9.72 Å². The van der Waals surface area contributed by atoms with Gasteiger partial charge in [0.25, 0.3) is 5.91 Å². The average Bonchev–Trinajstić information content (AvgIpc) is 3.27. The van der Waals surface area contributed by atoms with Crippen LogP contribution in [0, 0.1) is 11.8 Å². The number of piperidine rings is 1. The number of aryl methyl sites for hydroxylation is 2. The van der Waals surface area contributed by atoms with Crippen LogP contribution in [0.4, 0.5) is 0 Å². The number of hydrogen-bond acceptors (Lipinski definition) is 5. The van der Waals surface area contributed by atoms with Crippen LogP contribution in [-0.2, 0) is 22.5 Å². The Kier molecular flexibility index (Phi) is 12.8. The summed E-state index contributed by atoms with van der Waals surface area (Å²) in [4.78, 5) is 34.9. The van der Waals surface area contributed by atoms with Crippen molar-refractivity contribution in [3.05, 3.63) is 29.6 Å². The highest BCUT2D eigenvalue weighted by Gasteiger charge is 2.20. The number of benzene rings is 1. The van der Waals surface area contributed by atoms with Gasteiger partial charge < -0.3 is 19.1 Å². The highest BCUT2D eigenvalue weighted by Crippen LogP contribution is 2.22. The van der Waals surface area contributed by atoms with Gasteiger partial charge in [0.15, 0.2) is 0 Å². The zero-order chi connectivity index (χ0) is 28.2. The summed E-state index contributed by atoms with van der Waals surface area (Å²) < 4.78 is 7.13. The fraction of sp³-hybridized carbons (Fsp3) is 0.719. The van der Waals surface area contributed by atoms with Crippen molar-refractivity contribution in [1.29, 1.82) is 0 Å².